The number of alkyl halides is 3. The van der Waals surface area contributed by atoms with Crippen molar-refractivity contribution >= 4 is 5.91 Å². The molecule has 0 spiro atoms. The molecular formula is C11H19F3N2O. The first-order chi connectivity index (χ1) is 7.90. The minimum absolute atomic E-state index is 0.231. The molecule has 100 valence electrons. The highest BCUT2D eigenvalue weighted by atomic mass is 19.4. The quantitative estimate of drug-likeness (QED) is 0.801. The summed E-state index contributed by atoms with van der Waals surface area (Å²) in [4.78, 5) is 11.9. The fraction of sp³-hybridized carbons (Fsp3) is 0.909. The zero-order chi connectivity index (χ0) is 12.9. The van der Waals surface area contributed by atoms with Crippen LogP contribution in [0.3, 0.4) is 0 Å². The average Bonchev–Trinajstić information content (AvgIpc) is 2.28. The lowest BCUT2D eigenvalue weighted by atomic mass is 9.76. The first-order valence-corrected chi connectivity index (χ1v) is 5.95. The molecule has 1 rings (SSSR count). The summed E-state index contributed by atoms with van der Waals surface area (Å²) >= 11 is 0. The summed E-state index contributed by atoms with van der Waals surface area (Å²) in [6.45, 7) is 3.09. The van der Waals surface area contributed by atoms with E-state index in [-0.39, 0.29) is 12.5 Å². The molecule has 17 heavy (non-hydrogen) atoms. The molecule has 0 bridgehead atoms. The predicted molar refractivity (Wildman–Crippen MR) is 58.5 cm³/mol. The lowest BCUT2D eigenvalue weighted by molar-refractivity contribution is -0.139. The summed E-state index contributed by atoms with van der Waals surface area (Å²) in [5, 5.41) is 5.56. The first-order valence-electron chi connectivity index (χ1n) is 5.95. The summed E-state index contributed by atoms with van der Waals surface area (Å²) in [6, 6.07) is 0. The van der Waals surface area contributed by atoms with Crippen molar-refractivity contribution in [3.8, 4) is 0 Å². The van der Waals surface area contributed by atoms with Crippen molar-refractivity contribution in [2.75, 3.05) is 19.6 Å². The van der Waals surface area contributed by atoms with Crippen LogP contribution in [0.2, 0.25) is 0 Å². The normalized spacial score (nSPS) is 20.0. The number of halogens is 3. The van der Waals surface area contributed by atoms with Crippen molar-refractivity contribution < 1.29 is 18.0 Å². The van der Waals surface area contributed by atoms with Crippen LogP contribution in [0.25, 0.3) is 0 Å². The third kappa shape index (κ3) is 4.18. The molecule has 1 amide bonds. The number of amides is 1. The molecule has 0 aromatic heterocycles. The van der Waals surface area contributed by atoms with E-state index in [0.717, 1.165) is 13.1 Å². The van der Waals surface area contributed by atoms with Crippen molar-refractivity contribution in [3.63, 3.8) is 0 Å². The van der Waals surface area contributed by atoms with Gasteiger partial charge in [0.05, 0.1) is 11.8 Å². The third-order valence-corrected chi connectivity index (χ3v) is 3.41. The third-order valence-electron chi connectivity index (χ3n) is 3.41. The van der Waals surface area contributed by atoms with Crippen LogP contribution in [0.15, 0.2) is 0 Å². The van der Waals surface area contributed by atoms with E-state index in [1.54, 1.807) is 0 Å². The fourth-order valence-corrected chi connectivity index (χ4v) is 2.15. The van der Waals surface area contributed by atoms with Crippen LogP contribution < -0.4 is 10.6 Å². The summed E-state index contributed by atoms with van der Waals surface area (Å²) in [6.07, 6.45) is -3.10. The van der Waals surface area contributed by atoms with Gasteiger partial charge >= 0.3 is 6.18 Å². The van der Waals surface area contributed by atoms with Gasteiger partial charge in [-0.25, -0.2) is 0 Å². The van der Waals surface area contributed by atoms with Crippen molar-refractivity contribution in [2.45, 2.75) is 38.8 Å². The molecule has 0 unspecified atom stereocenters. The lowest BCUT2D eigenvalue weighted by Crippen LogP contribution is -2.47. The molecule has 0 saturated carbocycles. The zero-order valence-corrected chi connectivity index (χ0v) is 9.99. The van der Waals surface area contributed by atoms with Crippen LogP contribution in [-0.2, 0) is 4.79 Å². The van der Waals surface area contributed by atoms with Gasteiger partial charge < -0.3 is 10.6 Å². The van der Waals surface area contributed by atoms with Crippen LogP contribution in [0.5, 0.6) is 0 Å². The van der Waals surface area contributed by atoms with Gasteiger partial charge in [-0.1, -0.05) is 6.92 Å². The molecule has 0 radical (unpaired) electrons. The van der Waals surface area contributed by atoms with Crippen molar-refractivity contribution in [2.24, 2.45) is 5.41 Å². The Kier molecular flexibility index (Phi) is 4.80. The van der Waals surface area contributed by atoms with Crippen LogP contribution in [-0.4, -0.2) is 31.7 Å². The molecule has 1 aliphatic rings. The van der Waals surface area contributed by atoms with E-state index in [9.17, 15) is 18.0 Å². The summed E-state index contributed by atoms with van der Waals surface area (Å²) in [5.41, 5.74) is -0.475. The molecule has 1 saturated heterocycles. The molecule has 6 heteroatoms. The number of hydrogen-bond acceptors (Lipinski definition) is 2. The van der Waals surface area contributed by atoms with Gasteiger partial charge in [0, 0.05) is 6.54 Å². The Morgan fingerprint density at radius 3 is 2.41 bits per heavy atom. The van der Waals surface area contributed by atoms with Crippen molar-refractivity contribution in [1.82, 2.24) is 10.6 Å². The van der Waals surface area contributed by atoms with Gasteiger partial charge in [0.2, 0.25) is 5.91 Å². The van der Waals surface area contributed by atoms with Crippen molar-refractivity contribution in [1.29, 1.82) is 0 Å². The van der Waals surface area contributed by atoms with Gasteiger partial charge in [-0.3, -0.25) is 4.79 Å². The molecule has 0 aromatic carbocycles. The molecule has 0 aromatic rings. The second kappa shape index (κ2) is 5.71. The van der Waals surface area contributed by atoms with E-state index in [2.05, 4.69) is 10.6 Å². The van der Waals surface area contributed by atoms with Crippen LogP contribution >= 0.6 is 0 Å². The Labute approximate surface area is 99.1 Å². The molecule has 1 aliphatic heterocycles. The van der Waals surface area contributed by atoms with Crippen LogP contribution in [0.1, 0.15) is 32.6 Å². The Morgan fingerprint density at radius 1 is 1.35 bits per heavy atom. The van der Waals surface area contributed by atoms with Crippen LogP contribution in [0, 0.1) is 5.41 Å². The van der Waals surface area contributed by atoms with Crippen molar-refractivity contribution in [3.05, 3.63) is 0 Å². The summed E-state index contributed by atoms with van der Waals surface area (Å²) in [7, 11) is 0. The molecule has 0 atom stereocenters. The minimum Gasteiger partial charge on any atom is -0.355 e. The first kappa shape index (κ1) is 14.3. The van der Waals surface area contributed by atoms with E-state index in [4.69, 9.17) is 0 Å². The maximum absolute atomic E-state index is 12.0. The predicted octanol–water partition coefficient (Wildman–Crippen LogP) is 1.83. The Hall–Kier alpha value is -0.780. The van der Waals surface area contributed by atoms with Gasteiger partial charge in [-0.2, -0.15) is 13.2 Å². The SMILES string of the molecule is CCC1(C(=O)NCCC(F)(F)F)CCNCC1. The second-order valence-corrected chi connectivity index (χ2v) is 4.50. The minimum atomic E-state index is -4.21. The molecule has 2 N–H and O–H groups in total. The Morgan fingerprint density at radius 2 is 1.94 bits per heavy atom. The number of carbonyl (C=O) groups excluding carboxylic acids is 1. The van der Waals surface area contributed by atoms with E-state index in [1.165, 1.54) is 0 Å². The standard InChI is InChI=1S/C11H19F3N2O/c1-2-10(3-6-15-7-4-10)9(17)16-8-5-11(12,13)14/h15H,2-8H2,1H3,(H,16,17). The summed E-state index contributed by atoms with van der Waals surface area (Å²) in [5.74, 6) is -0.231. The number of nitrogens with one attached hydrogen (secondary N) is 2. The zero-order valence-electron chi connectivity index (χ0n) is 9.99. The highest BCUT2D eigenvalue weighted by Gasteiger charge is 2.38. The van der Waals surface area contributed by atoms with Crippen LogP contribution in [0.4, 0.5) is 13.2 Å². The van der Waals surface area contributed by atoms with Gasteiger partial charge in [-0.05, 0) is 32.4 Å². The maximum Gasteiger partial charge on any atom is 0.390 e. The van der Waals surface area contributed by atoms with E-state index < -0.39 is 18.0 Å². The lowest BCUT2D eigenvalue weighted by Gasteiger charge is -2.35. The number of piperidine rings is 1. The number of carbonyl (C=O) groups is 1. The van der Waals surface area contributed by atoms with Gasteiger partial charge in [-0.15, -0.1) is 0 Å². The Balaban J connectivity index is 2.44. The molecule has 3 nitrogen and oxygen atoms in total. The molecule has 1 fully saturated rings. The average molecular weight is 252 g/mol. The smallest absolute Gasteiger partial charge is 0.355 e. The van der Waals surface area contributed by atoms with E-state index in [1.807, 2.05) is 6.92 Å². The summed E-state index contributed by atoms with van der Waals surface area (Å²) < 4.78 is 35.9. The molecular weight excluding hydrogens is 233 g/mol. The second-order valence-electron chi connectivity index (χ2n) is 4.50. The largest absolute Gasteiger partial charge is 0.390 e. The fourth-order valence-electron chi connectivity index (χ4n) is 2.15. The van der Waals surface area contributed by atoms with Gasteiger partial charge in [0.1, 0.15) is 0 Å². The topological polar surface area (TPSA) is 41.1 Å². The monoisotopic (exact) mass is 252 g/mol. The van der Waals surface area contributed by atoms with E-state index >= 15 is 0 Å². The number of rotatable bonds is 4. The number of hydrogen-bond donors (Lipinski definition) is 2. The molecule has 1 heterocycles. The molecule has 0 aliphatic carbocycles. The van der Waals surface area contributed by atoms with Gasteiger partial charge in [0.25, 0.3) is 0 Å². The highest BCUT2D eigenvalue weighted by molar-refractivity contribution is 5.82. The van der Waals surface area contributed by atoms with Gasteiger partial charge in [0.15, 0.2) is 0 Å². The Bertz CT molecular complexity index is 260. The highest BCUT2D eigenvalue weighted by Crippen LogP contribution is 2.32. The maximum atomic E-state index is 12.0. The van der Waals surface area contributed by atoms with E-state index in [0.29, 0.717) is 19.3 Å².